The Morgan fingerprint density at radius 3 is 2.31 bits per heavy atom. The average Bonchev–Trinajstić information content (AvgIpc) is 2.15. The number of carbonyl (C=O) groups excluding carboxylic acids is 1. The van der Waals surface area contributed by atoms with Crippen LogP contribution in [-0.2, 0) is 14.3 Å². The highest BCUT2D eigenvalue weighted by molar-refractivity contribution is 5.76. The van der Waals surface area contributed by atoms with E-state index >= 15 is 0 Å². The van der Waals surface area contributed by atoms with Gasteiger partial charge in [-0.1, -0.05) is 0 Å². The molecular weight excluding hydrogens is 206 g/mol. The lowest BCUT2D eigenvalue weighted by molar-refractivity contribution is -0.169. The van der Waals surface area contributed by atoms with E-state index in [0.717, 1.165) is 12.8 Å². The molecule has 1 saturated heterocycles. The van der Waals surface area contributed by atoms with Gasteiger partial charge in [0.2, 0.25) is 0 Å². The molecule has 94 valence electrons. The fourth-order valence-corrected chi connectivity index (χ4v) is 1.83. The van der Waals surface area contributed by atoms with E-state index < -0.39 is 5.41 Å². The maximum atomic E-state index is 11.8. The van der Waals surface area contributed by atoms with Crippen LogP contribution < -0.4 is 5.73 Å². The monoisotopic (exact) mass is 229 g/mol. The fourth-order valence-electron chi connectivity index (χ4n) is 1.83. The maximum absolute atomic E-state index is 11.8. The molecule has 2 unspecified atom stereocenters. The highest BCUT2D eigenvalue weighted by atomic mass is 16.6. The highest BCUT2D eigenvalue weighted by Crippen LogP contribution is 2.24. The first kappa shape index (κ1) is 13.5. The van der Waals surface area contributed by atoms with E-state index in [1.165, 1.54) is 0 Å². The Morgan fingerprint density at radius 2 is 1.88 bits per heavy atom. The molecule has 0 aromatic heterocycles. The van der Waals surface area contributed by atoms with Gasteiger partial charge < -0.3 is 15.2 Å². The number of carbonyl (C=O) groups is 1. The SMILES string of the molecule is CC1CC(OC(=O)C(C)(C)CN)CC(C)O1. The van der Waals surface area contributed by atoms with E-state index in [9.17, 15) is 4.79 Å². The largest absolute Gasteiger partial charge is 0.462 e. The van der Waals surface area contributed by atoms with Crippen LogP contribution in [0, 0.1) is 5.41 Å². The zero-order chi connectivity index (χ0) is 12.3. The first-order chi connectivity index (χ1) is 7.35. The van der Waals surface area contributed by atoms with Crippen LogP contribution in [0.2, 0.25) is 0 Å². The first-order valence-electron chi connectivity index (χ1n) is 5.91. The summed E-state index contributed by atoms with van der Waals surface area (Å²) in [6.45, 7) is 7.93. The number of nitrogens with two attached hydrogens (primary N) is 1. The standard InChI is InChI=1S/C12H23NO3/c1-8-5-10(6-9(2)15-8)16-11(14)12(3,4)7-13/h8-10H,5-7,13H2,1-4H3. The molecule has 4 nitrogen and oxygen atoms in total. The van der Waals surface area contributed by atoms with Crippen molar-refractivity contribution in [2.45, 2.75) is 58.8 Å². The van der Waals surface area contributed by atoms with Gasteiger partial charge in [-0.3, -0.25) is 4.79 Å². The molecule has 1 aliphatic heterocycles. The summed E-state index contributed by atoms with van der Waals surface area (Å²) in [5, 5.41) is 0. The number of hydrogen-bond donors (Lipinski definition) is 1. The molecule has 2 N–H and O–H groups in total. The summed E-state index contributed by atoms with van der Waals surface area (Å²) in [6.07, 6.45) is 1.83. The van der Waals surface area contributed by atoms with Crippen molar-refractivity contribution in [1.82, 2.24) is 0 Å². The van der Waals surface area contributed by atoms with Crippen LogP contribution in [0.3, 0.4) is 0 Å². The zero-order valence-electron chi connectivity index (χ0n) is 10.7. The first-order valence-corrected chi connectivity index (χ1v) is 5.91. The zero-order valence-corrected chi connectivity index (χ0v) is 10.7. The van der Waals surface area contributed by atoms with Crippen molar-refractivity contribution in [1.29, 1.82) is 0 Å². The summed E-state index contributed by atoms with van der Waals surface area (Å²) in [4.78, 5) is 11.8. The van der Waals surface area contributed by atoms with Crippen molar-refractivity contribution < 1.29 is 14.3 Å². The quantitative estimate of drug-likeness (QED) is 0.744. The van der Waals surface area contributed by atoms with Gasteiger partial charge in [0.1, 0.15) is 6.10 Å². The molecule has 0 amide bonds. The summed E-state index contributed by atoms with van der Waals surface area (Å²) in [5.41, 5.74) is 4.95. The van der Waals surface area contributed by atoms with Crippen molar-refractivity contribution >= 4 is 5.97 Å². The van der Waals surface area contributed by atoms with Gasteiger partial charge in [-0.25, -0.2) is 0 Å². The Hall–Kier alpha value is -0.610. The van der Waals surface area contributed by atoms with Crippen LogP contribution in [0.4, 0.5) is 0 Å². The Balaban J connectivity index is 2.51. The van der Waals surface area contributed by atoms with Crippen LogP contribution in [0.25, 0.3) is 0 Å². The summed E-state index contributed by atoms with van der Waals surface area (Å²) >= 11 is 0. The lowest BCUT2D eigenvalue weighted by Crippen LogP contribution is -2.40. The van der Waals surface area contributed by atoms with Gasteiger partial charge in [0.05, 0.1) is 17.6 Å². The van der Waals surface area contributed by atoms with Gasteiger partial charge in [-0.15, -0.1) is 0 Å². The van der Waals surface area contributed by atoms with Crippen molar-refractivity contribution in [3.63, 3.8) is 0 Å². The molecule has 0 aliphatic carbocycles. The van der Waals surface area contributed by atoms with E-state index in [2.05, 4.69) is 0 Å². The van der Waals surface area contributed by atoms with Gasteiger partial charge in [-0.2, -0.15) is 0 Å². The van der Waals surface area contributed by atoms with Crippen LogP contribution in [0.15, 0.2) is 0 Å². The summed E-state index contributed by atoms with van der Waals surface area (Å²) in [7, 11) is 0. The van der Waals surface area contributed by atoms with E-state index in [0.29, 0.717) is 6.54 Å². The number of hydrogen-bond acceptors (Lipinski definition) is 4. The van der Waals surface area contributed by atoms with Gasteiger partial charge in [0.25, 0.3) is 0 Å². The predicted octanol–water partition coefficient (Wildman–Crippen LogP) is 1.47. The Morgan fingerprint density at radius 1 is 1.38 bits per heavy atom. The molecule has 4 heteroatoms. The van der Waals surface area contributed by atoms with Crippen LogP contribution in [-0.4, -0.2) is 30.8 Å². The third kappa shape index (κ3) is 3.46. The van der Waals surface area contributed by atoms with Crippen LogP contribution in [0.5, 0.6) is 0 Å². The predicted molar refractivity (Wildman–Crippen MR) is 62.0 cm³/mol. The Kier molecular flexibility index (Phi) is 4.33. The van der Waals surface area contributed by atoms with Gasteiger partial charge >= 0.3 is 5.97 Å². The van der Waals surface area contributed by atoms with Crippen LogP contribution in [0.1, 0.15) is 40.5 Å². The average molecular weight is 229 g/mol. The third-order valence-electron chi connectivity index (χ3n) is 2.99. The maximum Gasteiger partial charge on any atom is 0.313 e. The molecular formula is C12H23NO3. The van der Waals surface area contributed by atoms with E-state index in [1.54, 1.807) is 0 Å². The molecule has 0 bridgehead atoms. The second-order valence-corrected chi connectivity index (χ2v) is 5.34. The molecule has 1 aliphatic rings. The topological polar surface area (TPSA) is 61.5 Å². The molecule has 0 spiro atoms. The normalized spacial score (nSPS) is 31.2. The van der Waals surface area contributed by atoms with E-state index in [1.807, 2.05) is 27.7 Å². The molecule has 0 radical (unpaired) electrons. The number of ether oxygens (including phenoxy) is 2. The minimum absolute atomic E-state index is 0.0305. The highest BCUT2D eigenvalue weighted by Gasteiger charge is 2.33. The van der Waals surface area contributed by atoms with E-state index in [4.69, 9.17) is 15.2 Å². The molecule has 1 rings (SSSR count). The molecule has 0 aromatic carbocycles. The van der Waals surface area contributed by atoms with Gasteiger partial charge in [-0.05, 0) is 27.7 Å². The summed E-state index contributed by atoms with van der Waals surface area (Å²) in [5.74, 6) is -0.207. The summed E-state index contributed by atoms with van der Waals surface area (Å²) in [6, 6.07) is 0. The van der Waals surface area contributed by atoms with Crippen molar-refractivity contribution in [3.8, 4) is 0 Å². The lowest BCUT2D eigenvalue weighted by Gasteiger charge is -2.33. The van der Waals surface area contributed by atoms with E-state index in [-0.39, 0.29) is 24.3 Å². The lowest BCUT2D eigenvalue weighted by atomic mass is 9.93. The molecule has 0 aromatic rings. The third-order valence-corrected chi connectivity index (χ3v) is 2.99. The van der Waals surface area contributed by atoms with Crippen molar-refractivity contribution in [3.05, 3.63) is 0 Å². The second kappa shape index (κ2) is 5.15. The fraction of sp³-hybridized carbons (Fsp3) is 0.917. The molecule has 2 atom stereocenters. The second-order valence-electron chi connectivity index (χ2n) is 5.34. The van der Waals surface area contributed by atoms with Gasteiger partial charge in [0.15, 0.2) is 0 Å². The molecule has 1 heterocycles. The molecule has 0 saturated carbocycles. The van der Waals surface area contributed by atoms with Gasteiger partial charge in [0, 0.05) is 19.4 Å². The minimum Gasteiger partial charge on any atom is -0.462 e. The molecule has 16 heavy (non-hydrogen) atoms. The van der Waals surface area contributed by atoms with Crippen LogP contribution >= 0.6 is 0 Å². The number of esters is 1. The summed E-state index contributed by atoms with van der Waals surface area (Å²) < 4.78 is 11.1. The minimum atomic E-state index is -0.592. The smallest absolute Gasteiger partial charge is 0.313 e. The van der Waals surface area contributed by atoms with Crippen molar-refractivity contribution in [2.75, 3.05) is 6.54 Å². The Bertz CT molecular complexity index is 243. The Labute approximate surface area is 97.5 Å². The van der Waals surface area contributed by atoms with Crippen molar-refractivity contribution in [2.24, 2.45) is 11.1 Å². The number of rotatable bonds is 3. The molecule has 1 fully saturated rings.